The zero-order valence-corrected chi connectivity index (χ0v) is 19.0. The lowest BCUT2D eigenvalue weighted by molar-refractivity contribution is -0.190. The maximum Gasteiger partial charge on any atom is 0.394 e. The van der Waals surface area contributed by atoms with E-state index >= 15 is 0 Å². The Hall–Kier alpha value is -3.12. The van der Waals surface area contributed by atoms with Crippen LogP contribution in [0.3, 0.4) is 0 Å². The van der Waals surface area contributed by atoms with Crippen LogP contribution in [-0.4, -0.2) is 41.9 Å². The van der Waals surface area contributed by atoms with Crippen LogP contribution in [0.15, 0.2) is 59.6 Å². The maximum absolute atomic E-state index is 13.0. The number of pyridine rings is 1. The molecule has 3 aromatic rings. The molecule has 8 nitrogen and oxygen atoms in total. The van der Waals surface area contributed by atoms with Gasteiger partial charge in [-0.1, -0.05) is 29.8 Å². The fraction of sp³-hybridized carbons (Fsp3) is 0.286. The zero-order chi connectivity index (χ0) is 24.6. The SMILES string of the molecule is O=C(NS(=O)(=O)c1ccccc1)c1ccc(-n2ccc(OCCC3(C(F)(F)F)CC3)n2)nc1Cl. The number of amides is 1. The molecule has 1 aliphatic carbocycles. The summed E-state index contributed by atoms with van der Waals surface area (Å²) in [5.74, 6) is -0.668. The summed E-state index contributed by atoms with van der Waals surface area (Å²) < 4.78 is 72.2. The predicted molar refractivity (Wildman–Crippen MR) is 115 cm³/mol. The number of nitrogens with zero attached hydrogens (tertiary/aromatic N) is 3. The van der Waals surface area contributed by atoms with Crippen molar-refractivity contribution in [3.63, 3.8) is 0 Å². The van der Waals surface area contributed by atoms with Gasteiger partial charge in [-0.15, -0.1) is 5.10 Å². The van der Waals surface area contributed by atoms with E-state index in [1.807, 2.05) is 4.72 Å². The molecule has 180 valence electrons. The fourth-order valence-electron chi connectivity index (χ4n) is 3.25. The Kier molecular flexibility index (Phi) is 6.30. The topological polar surface area (TPSA) is 103 Å². The van der Waals surface area contributed by atoms with E-state index in [4.69, 9.17) is 16.3 Å². The number of halogens is 4. The number of rotatable bonds is 8. The van der Waals surface area contributed by atoms with E-state index in [1.54, 1.807) is 6.07 Å². The highest BCUT2D eigenvalue weighted by Gasteiger charge is 2.62. The summed E-state index contributed by atoms with van der Waals surface area (Å²) in [6.45, 7) is -0.139. The number of nitrogens with one attached hydrogen (secondary N) is 1. The Morgan fingerprint density at radius 2 is 1.85 bits per heavy atom. The molecule has 1 aromatic carbocycles. The third-order valence-electron chi connectivity index (χ3n) is 5.44. The lowest BCUT2D eigenvalue weighted by Crippen LogP contribution is -2.31. The number of sulfonamides is 1. The van der Waals surface area contributed by atoms with Crippen molar-refractivity contribution in [1.82, 2.24) is 19.5 Å². The van der Waals surface area contributed by atoms with Crippen LogP contribution < -0.4 is 9.46 Å². The number of alkyl halides is 3. The van der Waals surface area contributed by atoms with Crippen LogP contribution in [0.25, 0.3) is 5.82 Å². The summed E-state index contributed by atoms with van der Waals surface area (Å²) in [6, 6.07) is 11.5. The van der Waals surface area contributed by atoms with Gasteiger partial charge >= 0.3 is 6.18 Å². The number of hydrogen-bond donors (Lipinski definition) is 1. The van der Waals surface area contributed by atoms with Gasteiger partial charge in [-0.25, -0.2) is 22.8 Å². The summed E-state index contributed by atoms with van der Waals surface area (Å²) >= 11 is 6.09. The molecule has 1 fully saturated rings. The molecule has 2 heterocycles. The van der Waals surface area contributed by atoms with E-state index < -0.39 is 27.5 Å². The normalized spacial score (nSPS) is 15.1. The average molecular weight is 515 g/mol. The monoisotopic (exact) mass is 514 g/mol. The quantitative estimate of drug-likeness (QED) is 0.453. The van der Waals surface area contributed by atoms with Gasteiger partial charge < -0.3 is 4.74 Å². The van der Waals surface area contributed by atoms with Crippen LogP contribution in [-0.2, 0) is 10.0 Å². The van der Waals surface area contributed by atoms with Crippen LogP contribution in [0, 0.1) is 5.41 Å². The van der Waals surface area contributed by atoms with Crippen molar-refractivity contribution in [3.8, 4) is 11.7 Å². The summed E-state index contributed by atoms with van der Waals surface area (Å²) in [4.78, 5) is 16.4. The van der Waals surface area contributed by atoms with Gasteiger partial charge in [-0.05, 0) is 43.5 Å². The first-order valence-electron chi connectivity index (χ1n) is 10.1. The van der Waals surface area contributed by atoms with Crippen molar-refractivity contribution in [1.29, 1.82) is 0 Å². The molecular formula is C21H18ClF3N4O4S. The molecule has 0 unspecified atom stereocenters. The molecule has 0 radical (unpaired) electrons. The van der Waals surface area contributed by atoms with Crippen molar-refractivity contribution < 1.29 is 31.1 Å². The number of carbonyl (C=O) groups excluding carboxylic acids is 1. The van der Waals surface area contributed by atoms with Crippen LogP contribution in [0.2, 0.25) is 5.15 Å². The number of carbonyl (C=O) groups is 1. The minimum Gasteiger partial charge on any atom is -0.477 e. The third kappa shape index (κ3) is 5.02. The Bertz CT molecular complexity index is 1310. The highest BCUT2D eigenvalue weighted by Crippen LogP contribution is 2.59. The number of ether oxygens (including phenoxy) is 1. The van der Waals surface area contributed by atoms with E-state index in [-0.39, 0.29) is 53.2 Å². The number of benzene rings is 1. The number of aromatic nitrogens is 3. The second kappa shape index (κ2) is 8.91. The van der Waals surface area contributed by atoms with Gasteiger partial charge in [0, 0.05) is 12.3 Å². The van der Waals surface area contributed by atoms with Crippen molar-refractivity contribution >= 4 is 27.5 Å². The second-order valence-electron chi connectivity index (χ2n) is 7.73. The van der Waals surface area contributed by atoms with Crippen LogP contribution in [0.1, 0.15) is 29.6 Å². The molecule has 0 atom stereocenters. The molecule has 1 saturated carbocycles. The molecule has 0 aliphatic heterocycles. The molecule has 1 aliphatic rings. The molecule has 0 bridgehead atoms. The van der Waals surface area contributed by atoms with Gasteiger partial charge in [-0.3, -0.25) is 4.79 Å². The van der Waals surface area contributed by atoms with Crippen molar-refractivity contribution in [3.05, 3.63) is 65.4 Å². The first kappa shape index (κ1) is 24.0. The van der Waals surface area contributed by atoms with Crippen LogP contribution in [0.4, 0.5) is 13.2 Å². The van der Waals surface area contributed by atoms with Gasteiger partial charge in [0.2, 0.25) is 5.88 Å². The highest BCUT2D eigenvalue weighted by atomic mass is 35.5. The molecule has 0 spiro atoms. The molecule has 2 aromatic heterocycles. The van der Waals surface area contributed by atoms with Crippen molar-refractivity contribution in [2.24, 2.45) is 5.41 Å². The second-order valence-corrected chi connectivity index (χ2v) is 9.77. The lowest BCUT2D eigenvalue weighted by atomic mass is 10.0. The van der Waals surface area contributed by atoms with Gasteiger partial charge in [0.15, 0.2) is 5.82 Å². The summed E-state index contributed by atoms with van der Waals surface area (Å²) in [5, 5.41) is 3.83. The van der Waals surface area contributed by atoms with Crippen molar-refractivity contribution in [2.75, 3.05) is 6.61 Å². The van der Waals surface area contributed by atoms with E-state index in [0.29, 0.717) is 0 Å². The largest absolute Gasteiger partial charge is 0.477 e. The molecule has 34 heavy (non-hydrogen) atoms. The van der Waals surface area contributed by atoms with Gasteiger partial charge in [0.1, 0.15) is 5.15 Å². The van der Waals surface area contributed by atoms with E-state index in [1.165, 1.54) is 53.3 Å². The lowest BCUT2D eigenvalue weighted by Gasteiger charge is -2.18. The van der Waals surface area contributed by atoms with Gasteiger partial charge in [-0.2, -0.15) is 13.2 Å². The minimum absolute atomic E-state index is 0.0871. The molecular weight excluding hydrogens is 497 g/mol. The highest BCUT2D eigenvalue weighted by molar-refractivity contribution is 7.90. The maximum atomic E-state index is 13.0. The van der Waals surface area contributed by atoms with E-state index in [0.717, 1.165) is 0 Å². The zero-order valence-electron chi connectivity index (χ0n) is 17.4. The summed E-state index contributed by atoms with van der Waals surface area (Å²) in [5.41, 5.74) is -1.83. The Labute approximate surface area is 197 Å². The van der Waals surface area contributed by atoms with Gasteiger partial charge in [0.05, 0.1) is 22.5 Å². The average Bonchev–Trinajstić information content (AvgIpc) is 3.44. The first-order chi connectivity index (χ1) is 16.0. The van der Waals surface area contributed by atoms with Crippen LogP contribution >= 0.6 is 11.6 Å². The molecule has 0 saturated heterocycles. The van der Waals surface area contributed by atoms with E-state index in [9.17, 15) is 26.4 Å². The predicted octanol–water partition coefficient (Wildman–Crippen LogP) is 4.15. The number of hydrogen-bond acceptors (Lipinski definition) is 6. The minimum atomic E-state index is -4.25. The van der Waals surface area contributed by atoms with E-state index in [2.05, 4.69) is 10.1 Å². The molecule has 4 rings (SSSR count). The smallest absolute Gasteiger partial charge is 0.394 e. The standard InChI is InChI=1S/C21H18ClF3N4O4S/c22-18-15(19(30)28-34(31,32)14-4-2-1-3-5-14)6-7-16(26-18)29-12-8-17(27-29)33-13-11-20(9-10-20)21(23,24)25/h1-8,12H,9-11,13H2,(H,28,30). The Morgan fingerprint density at radius 1 is 1.15 bits per heavy atom. The van der Waals surface area contributed by atoms with Gasteiger partial charge in [0.25, 0.3) is 15.9 Å². The molecule has 1 N–H and O–H groups in total. The molecule has 13 heteroatoms. The van der Waals surface area contributed by atoms with Crippen molar-refractivity contribution in [2.45, 2.75) is 30.3 Å². The Morgan fingerprint density at radius 3 is 2.47 bits per heavy atom. The summed E-state index contributed by atoms with van der Waals surface area (Å²) in [7, 11) is -4.10. The fourth-order valence-corrected chi connectivity index (χ4v) is 4.47. The van der Waals surface area contributed by atoms with Crippen LogP contribution in [0.5, 0.6) is 5.88 Å². The first-order valence-corrected chi connectivity index (χ1v) is 11.9. The Balaban J connectivity index is 1.40. The summed E-state index contributed by atoms with van der Waals surface area (Å²) in [6.07, 6.45) is -2.73. The molecule has 1 amide bonds. The third-order valence-corrected chi connectivity index (χ3v) is 7.08.